The minimum absolute atomic E-state index is 0.102. The van der Waals surface area contributed by atoms with Crippen LogP contribution in [0.4, 0.5) is 0 Å². The maximum atomic E-state index is 12.6. The second-order valence-electron chi connectivity index (χ2n) is 11.4. The largest absolute Gasteiger partial charge is 0.457 e. The van der Waals surface area contributed by atoms with Gasteiger partial charge in [-0.2, -0.15) is 0 Å². The van der Waals surface area contributed by atoms with Crippen LogP contribution in [0.3, 0.4) is 0 Å². The van der Waals surface area contributed by atoms with Crippen molar-refractivity contribution in [1.82, 2.24) is 0 Å². The average Bonchev–Trinajstić information content (AvgIpc) is 3.78. The van der Waals surface area contributed by atoms with Crippen molar-refractivity contribution in [2.24, 2.45) is 17.8 Å². The summed E-state index contributed by atoms with van der Waals surface area (Å²) in [7, 11) is 0. The topological polar surface area (TPSA) is 118 Å². The van der Waals surface area contributed by atoms with Crippen molar-refractivity contribution in [3.63, 3.8) is 0 Å². The molecule has 3 heterocycles. The van der Waals surface area contributed by atoms with Crippen molar-refractivity contribution in [1.29, 1.82) is 0 Å². The molecule has 1 spiro atoms. The number of hydrogen-bond donors (Lipinski definition) is 2. The number of epoxide rings is 2. The summed E-state index contributed by atoms with van der Waals surface area (Å²) in [5.41, 5.74) is 0.217. The molecule has 0 bridgehead atoms. The second kappa shape index (κ2) is 13.4. The van der Waals surface area contributed by atoms with Crippen LogP contribution >= 0.6 is 0 Å². The molecule has 0 aromatic carbocycles. The summed E-state index contributed by atoms with van der Waals surface area (Å²) in [5.74, 6) is -0.624. The molecule has 3 aliphatic rings. The van der Waals surface area contributed by atoms with Gasteiger partial charge in [-0.25, -0.2) is 0 Å². The molecule has 214 valence electrons. The van der Waals surface area contributed by atoms with E-state index in [-0.39, 0.29) is 42.5 Å². The fraction of sp³-hybridized carbons (Fsp3) is 0.733. The molecule has 10 atom stereocenters. The molecule has 0 aliphatic carbocycles. The van der Waals surface area contributed by atoms with Crippen LogP contribution in [-0.4, -0.2) is 71.0 Å². The molecule has 0 aromatic rings. The third-order valence-electron chi connectivity index (χ3n) is 7.97. The lowest BCUT2D eigenvalue weighted by Crippen LogP contribution is -2.35. The number of hydrogen-bond acceptors (Lipinski definition) is 8. The van der Waals surface area contributed by atoms with Gasteiger partial charge in [0.25, 0.3) is 0 Å². The van der Waals surface area contributed by atoms with Gasteiger partial charge in [0.1, 0.15) is 11.7 Å². The van der Waals surface area contributed by atoms with E-state index in [1.54, 1.807) is 0 Å². The Balaban J connectivity index is 1.67. The molecule has 0 radical (unpaired) electrons. The molecule has 8 heteroatoms. The zero-order chi connectivity index (χ0) is 28.0. The first kappa shape index (κ1) is 30.5. The van der Waals surface area contributed by atoms with Gasteiger partial charge in [-0.05, 0) is 50.2 Å². The van der Waals surface area contributed by atoms with Gasteiger partial charge in [0.05, 0.1) is 37.4 Å². The quantitative estimate of drug-likeness (QED) is 0.197. The Hall–Kier alpha value is -2.00. The van der Waals surface area contributed by atoms with Crippen LogP contribution in [0.15, 0.2) is 36.0 Å². The second-order valence-corrected chi connectivity index (χ2v) is 11.4. The normalized spacial score (nSPS) is 36.6. The van der Waals surface area contributed by atoms with E-state index in [2.05, 4.69) is 13.0 Å². The number of carbonyl (C=O) groups is 2. The minimum Gasteiger partial charge on any atom is -0.457 e. The van der Waals surface area contributed by atoms with E-state index in [1.807, 2.05) is 52.0 Å². The SMILES string of the molecule is CCC(O)C(C)C1OC1CC(C)C=CC=C(C)C1OC(=O)CC(O)CCC2(CO2)C(OC(C)=O)C=CC1C. The van der Waals surface area contributed by atoms with Gasteiger partial charge in [0.2, 0.25) is 0 Å². The van der Waals surface area contributed by atoms with Crippen LogP contribution in [0.5, 0.6) is 0 Å². The molecule has 3 aliphatic heterocycles. The molecular weight excluding hydrogens is 488 g/mol. The van der Waals surface area contributed by atoms with Crippen LogP contribution in [0.25, 0.3) is 0 Å². The molecule has 38 heavy (non-hydrogen) atoms. The Bertz CT molecular complexity index is 904. The lowest BCUT2D eigenvalue weighted by atomic mass is 9.91. The standard InChI is InChI=1S/C30H46O8/c1-7-24(33)21(5)29-25(37-29)15-18(2)9-8-10-19(3)28-20(4)11-12-26(36-22(6)31)30(17-35-30)14-13-23(32)16-27(34)38-28/h8-12,18,20-21,23-26,28-29,32-33H,7,13-17H2,1-6H3. The molecule has 0 amide bonds. The summed E-state index contributed by atoms with van der Waals surface area (Å²) in [4.78, 5) is 24.4. The maximum Gasteiger partial charge on any atom is 0.309 e. The number of aliphatic hydroxyl groups excluding tert-OH is 2. The first-order valence-electron chi connectivity index (χ1n) is 14.0. The summed E-state index contributed by atoms with van der Waals surface area (Å²) >= 11 is 0. The van der Waals surface area contributed by atoms with Crippen molar-refractivity contribution < 1.29 is 38.7 Å². The van der Waals surface area contributed by atoms with E-state index in [4.69, 9.17) is 18.9 Å². The highest BCUT2D eigenvalue weighted by molar-refractivity contribution is 5.70. The smallest absolute Gasteiger partial charge is 0.309 e. The molecule has 0 saturated carbocycles. The molecule has 2 saturated heterocycles. The third kappa shape index (κ3) is 8.50. The van der Waals surface area contributed by atoms with Crippen molar-refractivity contribution in [2.45, 2.75) is 116 Å². The minimum atomic E-state index is -0.861. The summed E-state index contributed by atoms with van der Waals surface area (Å²) in [6.07, 6.45) is 10.1. The number of rotatable bonds is 9. The zero-order valence-corrected chi connectivity index (χ0v) is 23.7. The lowest BCUT2D eigenvalue weighted by molar-refractivity contribution is -0.151. The Labute approximate surface area is 227 Å². The monoisotopic (exact) mass is 534 g/mol. The third-order valence-corrected chi connectivity index (χ3v) is 7.97. The number of cyclic esters (lactones) is 1. The molecular formula is C30H46O8. The number of esters is 2. The molecule has 3 rings (SSSR count). The van der Waals surface area contributed by atoms with Gasteiger partial charge in [0.15, 0.2) is 6.10 Å². The highest BCUT2D eigenvalue weighted by Gasteiger charge is 2.52. The Morgan fingerprint density at radius 2 is 2.00 bits per heavy atom. The number of ether oxygens (including phenoxy) is 4. The van der Waals surface area contributed by atoms with Crippen molar-refractivity contribution in [3.05, 3.63) is 36.0 Å². The predicted molar refractivity (Wildman–Crippen MR) is 143 cm³/mol. The van der Waals surface area contributed by atoms with Gasteiger partial charge >= 0.3 is 11.9 Å². The van der Waals surface area contributed by atoms with E-state index in [0.29, 0.717) is 19.4 Å². The predicted octanol–water partition coefficient (Wildman–Crippen LogP) is 4.04. The fourth-order valence-corrected chi connectivity index (χ4v) is 5.27. The number of aliphatic hydroxyl groups is 2. The first-order valence-corrected chi connectivity index (χ1v) is 14.0. The van der Waals surface area contributed by atoms with Crippen LogP contribution in [0, 0.1) is 17.8 Å². The Morgan fingerprint density at radius 1 is 1.29 bits per heavy atom. The molecule has 10 unspecified atom stereocenters. The summed E-state index contributed by atoms with van der Waals surface area (Å²) in [5, 5.41) is 20.5. The molecule has 2 N–H and O–H groups in total. The summed E-state index contributed by atoms with van der Waals surface area (Å²) in [6.45, 7) is 11.8. The van der Waals surface area contributed by atoms with Crippen LogP contribution in [-0.2, 0) is 28.5 Å². The summed E-state index contributed by atoms with van der Waals surface area (Å²) in [6, 6.07) is 0. The van der Waals surface area contributed by atoms with Gasteiger partial charge < -0.3 is 29.2 Å². The van der Waals surface area contributed by atoms with Gasteiger partial charge in [-0.3, -0.25) is 9.59 Å². The van der Waals surface area contributed by atoms with E-state index in [9.17, 15) is 19.8 Å². The Morgan fingerprint density at radius 3 is 2.63 bits per heavy atom. The van der Waals surface area contributed by atoms with E-state index >= 15 is 0 Å². The maximum absolute atomic E-state index is 12.6. The zero-order valence-electron chi connectivity index (χ0n) is 23.7. The highest BCUT2D eigenvalue weighted by atomic mass is 16.6. The molecule has 0 aromatic heterocycles. The molecule has 2 fully saturated rings. The van der Waals surface area contributed by atoms with Crippen LogP contribution < -0.4 is 0 Å². The van der Waals surface area contributed by atoms with Crippen molar-refractivity contribution in [2.75, 3.05) is 6.61 Å². The van der Waals surface area contributed by atoms with E-state index in [1.165, 1.54) is 6.92 Å². The Kier molecular flexibility index (Phi) is 10.7. The number of carbonyl (C=O) groups excluding carboxylic acids is 2. The lowest BCUT2D eigenvalue weighted by Gasteiger charge is -2.27. The summed E-state index contributed by atoms with van der Waals surface area (Å²) < 4.78 is 22.9. The average molecular weight is 535 g/mol. The van der Waals surface area contributed by atoms with E-state index in [0.717, 1.165) is 18.4 Å². The van der Waals surface area contributed by atoms with Gasteiger partial charge in [-0.15, -0.1) is 0 Å². The van der Waals surface area contributed by atoms with E-state index < -0.39 is 35.9 Å². The van der Waals surface area contributed by atoms with Crippen molar-refractivity contribution >= 4 is 11.9 Å². The van der Waals surface area contributed by atoms with Gasteiger partial charge in [-0.1, -0.05) is 52.0 Å². The molecule has 8 nitrogen and oxygen atoms in total. The number of allylic oxidation sites excluding steroid dienone is 3. The fourth-order valence-electron chi connectivity index (χ4n) is 5.27. The first-order chi connectivity index (χ1) is 18.0. The van der Waals surface area contributed by atoms with Crippen LogP contribution in [0.1, 0.15) is 73.6 Å². The van der Waals surface area contributed by atoms with Crippen molar-refractivity contribution in [3.8, 4) is 0 Å². The van der Waals surface area contributed by atoms with Crippen LogP contribution in [0.2, 0.25) is 0 Å². The van der Waals surface area contributed by atoms with Gasteiger partial charge in [0, 0.05) is 18.8 Å². The highest BCUT2D eigenvalue weighted by Crippen LogP contribution is 2.40.